The molecule has 0 saturated heterocycles. The third-order valence-electron chi connectivity index (χ3n) is 1.55. The van der Waals surface area contributed by atoms with E-state index >= 15 is 0 Å². The van der Waals surface area contributed by atoms with E-state index in [-0.39, 0.29) is 21.7 Å². The average molecular weight is 298 g/mol. The molecule has 0 radical (unpaired) electrons. The number of fused-ring (bicyclic) bond motifs is 1. The van der Waals surface area contributed by atoms with Crippen LogP contribution in [0.4, 0.5) is 0 Å². The van der Waals surface area contributed by atoms with Crippen molar-refractivity contribution in [2.45, 2.75) is 0 Å². The normalized spacial score (nSPS) is 7.68. The van der Waals surface area contributed by atoms with E-state index in [2.05, 4.69) is 58.4 Å². The molecule has 0 heterocycles. The number of nitrogens with one attached hydrogen (secondary N) is 3. The Morgan fingerprint density at radius 3 is 1.58 bits per heavy atom. The predicted octanol–water partition coefficient (Wildman–Crippen LogP) is 2.06. The molecule has 0 aliphatic rings. The summed E-state index contributed by atoms with van der Waals surface area (Å²) >= 11 is 0. The van der Waals surface area contributed by atoms with E-state index < -0.39 is 0 Å². The van der Waals surface area contributed by atoms with Crippen molar-refractivity contribution in [1.29, 1.82) is 0 Å². The van der Waals surface area contributed by atoms with E-state index in [9.17, 15) is 0 Å². The summed E-state index contributed by atoms with van der Waals surface area (Å²) in [5, 5.41) is 10.9. The van der Waals surface area contributed by atoms with Crippen LogP contribution >= 0.6 is 0 Å². The maximum Gasteiger partial charge on any atom is 0 e. The summed E-state index contributed by atoms with van der Waals surface area (Å²) in [4.78, 5) is 0. The van der Waals surface area contributed by atoms with Crippen LogP contribution in [0.1, 0.15) is 0 Å². The Balaban J connectivity index is -0.000000220. The zero-order valence-electron chi connectivity index (χ0n) is 13.0. The minimum absolute atomic E-state index is 0. The zero-order chi connectivity index (χ0) is 14.2. The molecule has 4 heteroatoms. The van der Waals surface area contributed by atoms with Crippen LogP contribution in [0.25, 0.3) is 10.8 Å². The van der Waals surface area contributed by atoms with Gasteiger partial charge in [-0.05, 0) is 42.3 Å². The fraction of sp³-hybridized carbons (Fsp3) is 0.400. The van der Waals surface area contributed by atoms with Gasteiger partial charge in [0.15, 0.2) is 0 Å². The summed E-state index contributed by atoms with van der Waals surface area (Å²) < 4.78 is 0. The van der Waals surface area contributed by atoms with Gasteiger partial charge in [0.1, 0.15) is 0 Å². The van der Waals surface area contributed by atoms with E-state index in [0.29, 0.717) is 0 Å². The second-order valence-electron chi connectivity index (χ2n) is 3.65. The van der Waals surface area contributed by atoms with Gasteiger partial charge in [-0.25, -0.2) is 0 Å². The van der Waals surface area contributed by atoms with Gasteiger partial charge >= 0.3 is 0 Å². The Labute approximate surface area is 133 Å². The zero-order valence-corrected chi connectivity index (χ0v) is 14.6. The van der Waals surface area contributed by atoms with Crippen molar-refractivity contribution in [3.8, 4) is 0 Å². The molecule has 0 unspecified atom stereocenters. The van der Waals surface area contributed by atoms with Crippen LogP contribution in [-0.4, -0.2) is 42.3 Å². The molecule has 0 spiro atoms. The molecule has 2 rings (SSSR count). The molecule has 3 N–H and O–H groups in total. The van der Waals surface area contributed by atoms with Crippen LogP contribution in [0, 0.1) is 0 Å². The maximum absolute atomic E-state index is 2.75. The topological polar surface area (TPSA) is 36.1 Å². The molecule has 0 aliphatic carbocycles. The van der Waals surface area contributed by atoms with Gasteiger partial charge in [0, 0.05) is 21.7 Å². The Kier molecular flexibility index (Phi) is 24.4. The number of rotatable bonds is 0. The van der Waals surface area contributed by atoms with Crippen LogP contribution < -0.4 is 16.0 Å². The van der Waals surface area contributed by atoms with Crippen LogP contribution in [0.2, 0.25) is 0 Å². The van der Waals surface area contributed by atoms with Crippen molar-refractivity contribution in [2.24, 2.45) is 0 Å². The predicted molar refractivity (Wildman–Crippen MR) is 84.5 cm³/mol. The van der Waals surface area contributed by atoms with Gasteiger partial charge in [0.2, 0.25) is 0 Å². The van der Waals surface area contributed by atoms with E-state index in [1.54, 1.807) is 0 Å². The third-order valence-corrected chi connectivity index (χ3v) is 1.55. The number of hydrogen-bond acceptors (Lipinski definition) is 3. The molecule has 0 aromatic heterocycles. The fourth-order valence-electron chi connectivity index (χ4n) is 1.07. The molecule has 0 amide bonds. The minimum Gasteiger partial charge on any atom is -0.323 e. The first-order valence-corrected chi connectivity index (χ1v) is 6.07. The molecule has 0 aliphatic heterocycles. The van der Waals surface area contributed by atoms with Crippen LogP contribution in [-0.2, 0) is 21.7 Å². The minimum atomic E-state index is 0. The van der Waals surface area contributed by atoms with Gasteiger partial charge in [-0.15, -0.1) is 29.7 Å². The monoisotopic (exact) mass is 298 g/mol. The molecule has 0 atom stereocenters. The van der Waals surface area contributed by atoms with E-state index in [0.717, 1.165) is 0 Å². The first kappa shape index (κ1) is 23.5. The Morgan fingerprint density at radius 1 is 0.737 bits per heavy atom. The van der Waals surface area contributed by atoms with Gasteiger partial charge in [-0.2, -0.15) is 17.5 Å². The van der Waals surface area contributed by atoms with Crippen LogP contribution in [0.3, 0.4) is 0 Å². The van der Waals surface area contributed by atoms with E-state index in [1.165, 1.54) is 10.8 Å². The first-order valence-electron chi connectivity index (χ1n) is 6.07. The van der Waals surface area contributed by atoms with Crippen molar-refractivity contribution < 1.29 is 21.7 Å². The van der Waals surface area contributed by atoms with Gasteiger partial charge in [0.05, 0.1) is 0 Å². The molecule has 19 heavy (non-hydrogen) atoms. The third kappa shape index (κ3) is 15.4. The molecule has 0 fully saturated rings. The summed E-state index contributed by atoms with van der Waals surface area (Å²) in [6.07, 6.45) is 0. The fourth-order valence-corrected chi connectivity index (χ4v) is 1.07. The second-order valence-corrected chi connectivity index (χ2v) is 3.65. The summed E-state index contributed by atoms with van der Waals surface area (Å²) in [6, 6.07) is 14.7. The molecular weight excluding hydrogens is 270 g/mol. The first-order chi connectivity index (χ1) is 8.71. The van der Waals surface area contributed by atoms with Crippen molar-refractivity contribution in [2.75, 3.05) is 42.3 Å². The van der Waals surface area contributed by atoms with Crippen molar-refractivity contribution in [3.05, 3.63) is 42.5 Å². The molecule has 3 nitrogen and oxygen atoms in total. The van der Waals surface area contributed by atoms with E-state index in [4.69, 9.17) is 0 Å². The van der Waals surface area contributed by atoms with Crippen molar-refractivity contribution >= 4 is 10.8 Å². The SMILES string of the molecule is CNC.CNC.CNC.[Ti].c1ccc2[cH-]ccc2c1. The molecular formula is C15H28N3Ti-. The van der Waals surface area contributed by atoms with Crippen LogP contribution in [0.15, 0.2) is 42.5 Å². The molecule has 2 aromatic rings. The standard InChI is InChI=1S/C9H7.3C2H7N.Ti/c1-2-5-9-7-3-6-8(9)4-1;3*1-3-2;/h1-7H;3*3H,1-2H3;/q-1;;;;. The smallest absolute Gasteiger partial charge is 0 e. The summed E-state index contributed by atoms with van der Waals surface area (Å²) in [6.45, 7) is 0. The Hall–Kier alpha value is -0.576. The molecule has 2 aromatic carbocycles. The summed E-state index contributed by atoms with van der Waals surface area (Å²) in [5.41, 5.74) is 0. The number of hydrogen-bond donors (Lipinski definition) is 3. The molecule has 108 valence electrons. The average Bonchev–Trinajstić information content (AvgIpc) is 2.80. The molecule has 0 saturated carbocycles. The maximum atomic E-state index is 2.75. The number of benzene rings is 1. The van der Waals surface area contributed by atoms with Gasteiger partial charge in [-0.1, -0.05) is 6.07 Å². The van der Waals surface area contributed by atoms with Gasteiger partial charge in [-0.3, -0.25) is 0 Å². The molecule has 0 bridgehead atoms. The summed E-state index contributed by atoms with van der Waals surface area (Å²) in [7, 11) is 11.2. The second kappa shape index (κ2) is 19.8. The van der Waals surface area contributed by atoms with Crippen molar-refractivity contribution in [1.82, 2.24) is 16.0 Å². The Bertz CT molecular complexity index is 326. The summed E-state index contributed by atoms with van der Waals surface area (Å²) in [5.74, 6) is 0. The van der Waals surface area contributed by atoms with E-state index in [1.807, 2.05) is 42.3 Å². The largest absolute Gasteiger partial charge is 0.323 e. The van der Waals surface area contributed by atoms with Gasteiger partial charge < -0.3 is 16.0 Å². The quantitative estimate of drug-likeness (QED) is 0.515. The Morgan fingerprint density at radius 2 is 1.16 bits per heavy atom. The van der Waals surface area contributed by atoms with Crippen LogP contribution in [0.5, 0.6) is 0 Å². The van der Waals surface area contributed by atoms with Gasteiger partial charge in [0.25, 0.3) is 0 Å². The van der Waals surface area contributed by atoms with Crippen molar-refractivity contribution in [3.63, 3.8) is 0 Å².